The van der Waals surface area contributed by atoms with Crippen LogP contribution in [0.2, 0.25) is 5.15 Å². The number of rotatable bonds is 4. The molecule has 0 radical (unpaired) electrons. The van der Waals surface area contributed by atoms with Crippen molar-refractivity contribution in [2.45, 2.75) is 19.6 Å². The molecule has 3 aromatic rings. The minimum absolute atomic E-state index is 0.257. The van der Waals surface area contributed by atoms with E-state index in [2.05, 4.69) is 27.3 Å². The van der Waals surface area contributed by atoms with Crippen molar-refractivity contribution in [2.24, 2.45) is 0 Å². The fraction of sp³-hybridized carbons (Fsp3) is 0.200. The van der Waals surface area contributed by atoms with Gasteiger partial charge in [0.2, 0.25) is 0 Å². The Morgan fingerprint density at radius 2 is 2.29 bits per heavy atom. The molecule has 3 rings (SSSR count). The third kappa shape index (κ3) is 2.94. The molecule has 1 atom stereocenters. The number of hydrogen-bond acceptors (Lipinski definition) is 5. The Labute approximate surface area is 135 Å². The maximum Gasteiger partial charge on any atom is 0.157 e. The van der Waals surface area contributed by atoms with E-state index >= 15 is 0 Å². The van der Waals surface area contributed by atoms with Crippen LogP contribution in [0.25, 0.3) is 20.7 Å². The minimum atomic E-state index is -0.270. The second-order valence-corrected chi connectivity index (χ2v) is 6.52. The van der Waals surface area contributed by atoms with Crippen LogP contribution in [0.1, 0.15) is 12.7 Å². The van der Waals surface area contributed by atoms with Crippen molar-refractivity contribution >= 4 is 44.5 Å². The van der Waals surface area contributed by atoms with E-state index in [1.807, 2.05) is 11.4 Å². The van der Waals surface area contributed by atoms with Crippen molar-refractivity contribution in [2.75, 3.05) is 0 Å². The van der Waals surface area contributed by atoms with Gasteiger partial charge in [0.25, 0.3) is 0 Å². The number of aromatic nitrogens is 2. The predicted molar refractivity (Wildman–Crippen MR) is 88.8 cm³/mol. The van der Waals surface area contributed by atoms with Gasteiger partial charge in [-0.25, -0.2) is 9.97 Å². The van der Waals surface area contributed by atoms with E-state index in [1.54, 1.807) is 29.6 Å². The number of hydrogen-bond donors (Lipinski definition) is 0. The molecule has 0 saturated heterocycles. The van der Waals surface area contributed by atoms with Crippen LogP contribution >= 0.6 is 34.3 Å². The zero-order valence-electron chi connectivity index (χ0n) is 11.2. The summed E-state index contributed by atoms with van der Waals surface area (Å²) < 4.78 is 5.45. The average molecular weight is 335 g/mol. The molecule has 6 heteroatoms. The van der Waals surface area contributed by atoms with Gasteiger partial charge in [-0.2, -0.15) is 0 Å². The third-order valence-electron chi connectivity index (χ3n) is 2.92. The Bertz CT molecular complexity index is 805. The van der Waals surface area contributed by atoms with Crippen LogP contribution < -0.4 is 0 Å². The van der Waals surface area contributed by atoms with Gasteiger partial charge in [0.1, 0.15) is 22.7 Å². The molecular weight excluding hydrogens is 324 g/mol. The third-order valence-corrected chi connectivity index (χ3v) is 4.97. The van der Waals surface area contributed by atoms with E-state index in [-0.39, 0.29) is 12.7 Å². The lowest BCUT2D eigenvalue weighted by Crippen LogP contribution is -2.07. The molecule has 3 heterocycles. The number of halogens is 1. The van der Waals surface area contributed by atoms with Crippen molar-refractivity contribution in [3.63, 3.8) is 0 Å². The Morgan fingerprint density at radius 1 is 1.43 bits per heavy atom. The molecule has 0 aromatic carbocycles. The monoisotopic (exact) mass is 334 g/mol. The predicted octanol–water partition coefficient (Wildman–Crippen LogP) is 4.61. The molecule has 0 amide bonds. The van der Waals surface area contributed by atoms with E-state index < -0.39 is 0 Å². The second-order valence-electron chi connectivity index (χ2n) is 4.36. The molecule has 3 aromatic heterocycles. The highest BCUT2D eigenvalue weighted by molar-refractivity contribution is 7.18. The van der Waals surface area contributed by atoms with Crippen LogP contribution in [0.15, 0.2) is 22.9 Å². The van der Waals surface area contributed by atoms with Crippen LogP contribution in [-0.4, -0.2) is 16.1 Å². The molecule has 0 saturated carbocycles. The van der Waals surface area contributed by atoms with Crippen LogP contribution in [0.5, 0.6) is 0 Å². The lowest BCUT2D eigenvalue weighted by atomic mass is 10.2. The normalized spacial score (nSPS) is 12.4. The van der Waals surface area contributed by atoms with E-state index in [4.69, 9.17) is 22.8 Å². The van der Waals surface area contributed by atoms with Crippen LogP contribution in [-0.2, 0) is 11.3 Å². The molecule has 0 fully saturated rings. The molecule has 106 valence electrons. The number of ether oxygens (including phenoxy) is 1. The summed E-state index contributed by atoms with van der Waals surface area (Å²) in [5, 5.41) is 5.46. The summed E-state index contributed by atoms with van der Waals surface area (Å²) in [5.41, 5.74) is 1.08. The Morgan fingerprint density at radius 3 is 3.00 bits per heavy atom. The summed E-state index contributed by atoms with van der Waals surface area (Å²) in [6.07, 6.45) is 5.01. The lowest BCUT2D eigenvalue weighted by Gasteiger charge is -2.06. The smallest absolute Gasteiger partial charge is 0.157 e. The van der Waals surface area contributed by atoms with Gasteiger partial charge in [-0.15, -0.1) is 29.1 Å². The van der Waals surface area contributed by atoms with Crippen molar-refractivity contribution in [3.8, 4) is 22.8 Å². The van der Waals surface area contributed by atoms with Gasteiger partial charge in [-0.05, 0) is 18.4 Å². The molecule has 0 aliphatic carbocycles. The van der Waals surface area contributed by atoms with Gasteiger partial charge in [0, 0.05) is 15.8 Å². The SMILES string of the molecule is C#CC(C)OCc1nc(Cl)c2c(-c3cccs3)csc2n1. The summed E-state index contributed by atoms with van der Waals surface area (Å²) in [6, 6.07) is 4.08. The summed E-state index contributed by atoms with van der Waals surface area (Å²) in [4.78, 5) is 10.9. The van der Waals surface area contributed by atoms with Crippen LogP contribution in [0, 0.1) is 12.3 Å². The van der Waals surface area contributed by atoms with E-state index in [1.165, 1.54) is 0 Å². The van der Waals surface area contributed by atoms with Crippen molar-refractivity contribution in [1.82, 2.24) is 9.97 Å². The van der Waals surface area contributed by atoms with E-state index in [9.17, 15) is 0 Å². The molecule has 0 aliphatic heterocycles. The molecule has 3 nitrogen and oxygen atoms in total. The van der Waals surface area contributed by atoms with Crippen molar-refractivity contribution < 1.29 is 4.74 Å². The minimum Gasteiger partial charge on any atom is -0.358 e. The molecule has 1 unspecified atom stereocenters. The average Bonchev–Trinajstić information content (AvgIpc) is 3.13. The Balaban J connectivity index is 1.97. The van der Waals surface area contributed by atoms with Gasteiger partial charge in [-0.1, -0.05) is 23.6 Å². The van der Waals surface area contributed by atoms with Gasteiger partial charge in [-0.3, -0.25) is 0 Å². The molecule has 0 aliphatic rings. The highest BCUT2D eigenvalue weighted by Crippen LogP contribution is 2.38. The van der Waals surface area contributed by atoms with E-state index in [0.717, 1.165) is 20.7 Å². The van der Waals surface area contributed by atoms with Gasteiger partial charge < -0.3 is 4.74 Å². The maximum atomic E-state index is 6.34. The van der Waals surface area contributed by atoms with Crippen LogP contribution in [0.3, 0.4) is 0 Å². The Kier molecular flexibility index (Phi) is 4.22. The first kappa shape index (κ1) is 14.5. The Hall–Kier alpha value is -1.45. The molecular formula is C15H11ClN2OS2. The highest BCUT2D eigenvalue weighted by Gasteiger charge is 2.15. The standard InChI is InChI=1S/C15H11ClN2OS2/c1-3-9(2)19-7-12-17-14(16)13-10(8-21-15(13)18-12)11-5-4-6-20-11/h1,4-6,8-9H,7H2,2H3. The van der Waals surface area contributed by atoms with Crippen LogP contribution in [0.4, 0.5) is 0 Å². The van der Waals surface area contributed by atoms with Gasteiger partial charge in [0.15, 0.2) is 5.82 Å². The van der Waals surface area contributed by atoms with E-state index in [0.29, 0.717) is 11.0 Å². The lowest BCUT2D eigenvalue weighted by molar-refractivity contribution is 0.0855. The zero-order chi connectivity index (χ0) is 14.8. The van der Waals surface area contributed by atoms with Crippen molar-refractivity contribution in [3.05, 3.63) is 33.9 Å². The summed E-state index contributed by atoms with van der Waals surface area (Å²) in [6.45, 7) is 2.06. The largest absolute Gasteiger partial charge is 0.358 e. The molecule has 0 spiro atoms. The van der Waals surface area contributed by atoms with Gasteiger partial charge >= 0.3 is 0 Å². The molecule has 0 N–H and O–H groups in total. The fourth-order valence-corrected chi connectivity index (χ4v) is 3.99. The second kappa shape index (κ2) is 6.12. The quantitative estimate of drug-likeness (QED) is 0.516. The molecule has 0 bridgehead atoms. The first-order chi connectivity index (χ1) is 10.2. The number of thiophene rings is 2. The summed E-state index contributed by atoms with van der Waals surface area (Å²) in [7, 11) is 0. The first-order valence-electron chi connectivity index (χ1n) is 6.24. The summed E-state index contributed by atoms with van der Waals surface area (Å²) >= 11 is 9.57. The first-order valence-corrected chi connectivity index (χ1v) is 8.38. The maximum absolute atomic E-state index is 6.34. The fourth-order valence-electron chi connectivity index (χ4n) is 1.87. The number of nitrogens with zero attached hydrogens (tertiary/aromatic N) is 2. The number of terminal acetylenes is 1. The zero-order valence-corrected chi connectivity index (χ0v) is 13.6. The highest BCUT2D eigenvalue weighted by atomic mass is 35.5. The summed E-state index contributed by atoms with van der Waals surface area (Å²) in [5.74, 6) is 3.05. The van der Waals surface area contributed by atoms with Crippen molar-refractivity contribution in [1.29, 1.82) is 0 Å². The number of fused-ring (bicyclic) bond motifs is 1. The van der Waals surface area contributed by atoms with Gasteiger partial charge in [0.05, 0.1) is 5.39 Å². The topological polar surface area (TPSA) is 35.0 Å². The molecule has 21 heavy (non-hydrogen) atoms.